The van der Waals surface area contributed by atoms with Crippen LogP contribution in [0, 0.1) is 0 Å². The molecule has 2 amide bonds. The number of rotatable bonds is 2. The van der Waals surface area contributed by atoms with Crippen molar-refractivity contribution in [3.63, 3.8) is 0 Å². The molecule has 1 N–H and O–H groups in total. The minimum absolute atomic E-state index is 0.0574. The first-order valence-corrected chi connectivity index (χ1v) is 8.16. The van der Waals surface area contributed by atoms with E-state index < -0.39 is 0 Å². The van der Waals surface area contributed by atoms with E-state index in [0.29, 0.717) is 6.04 Å². The van der Waals surface area contributed by atoms with Crippen LogP contribution in [0.15, 0.2) is 24.3 Å². The van der Waals surface area contributed by atoms with Crippen LogP contribution >= 0.6 is 0 Å². The summed E-state index contributed by atoms with van der Waals surface area (Å²) < 4.78 is 5.75. The van der Waals surface area contributed by atoms with E-state index in [4.69, 9.17) is 4.74 Å². The summed E-state index contributed by atoms with van der Waals surface area (Å²) in [7, 11) is 0. The molecular weight excluding hydrogens is 278 g/mol. The molecule has 3 rings (SSSR count). The van der Waals surface area contributed by atoms with Gasteiger partial charge in [0.15, 0.2) is 0 Å². The number of hydrogen-bond acceptors (Lipinski definition) is 3. The topological polar surface area (TPSA) is 44.8 Å². The molecule has 0 spiro atoms. The van der Waals surface area contributed by atoms with Crippen LogP contribution in [-0.4, -0.2) is 54.7 Å². The highest BCUT2D eigenvalue weighted by molar-refractivity contribution is 5.74. The van der Waals surface area contributed by atoms with Gasteiger partial charge in [0, 0.05) is 50.2 Å². The maximum Gasteiger partial charge on any atom is 0.317 e. The second kappa shape index (κ2) is 6.57. The summed E-state index contributed by atoms with van der Waals surface area (Å²) in [4.78, 5) is 16.5. The summed E-state index contributed by atoms with van der Waals surface area (Å²) in [6, 6.07) is 8.97. The Labute approximate surface area is 132 Å². The van der Waals surface area contributed by atoms with Crippen molar-refractivity contribution in [2.24, 2.45) is 0 Å². The zero-order valence-corrected chi connectivity index (χ0v) is 13.4. The van der Waals surface area contributed by atoms with E-state index in [1.807, 2.05) is 30.9 Å². The Balaban J connectivity index is 1.62. The zero-order chi connectivity index (χ0) is 15.5. The summed E-state index contributed by atoms with van der Waals surface area (Å²) in [6.07, 6.45) is 1.02. The number of amides is 2. The number of urea groups is 1. The lowest BCUT2D eigenvalue weighted by molar-refractivity contribution is 0.0849. The van der Waals surface area contributed by atoms with Gasteiger partial charge >= 0.3 is 6.03 Å². The third-order valence-corrected chi connectivity index (χ3v) is 4.38. The molecule has 0 radical (unpaired) electrons. The van der Waals surface area contributed by atoms with Crippen molar-refractivity contribution in [3.8, 4) is 5.75 Å². The Hall–Kier alpha value is -1.75. The number of carbonyl (C=O) groups is 1. The summed E-state index contributed by atoms with van der Waals surface area (Å²) in [5.74, 6) is 1.01. The lowest BCUT2D eigenvalue weighted by Gasteiger charge is -2.41. The maximum atomic E-state index is 12.1. The van der Waals surface area contributed by atoms with Crippen LogP contribution in [0.4, 0.5) is 4.79 Å². The largest absolute Gasteiger partial charge is 0.493 e. The maximum absolute atomic E-state index is 12.1. The molecule has 2 aliphatic heterocycles. The summed E-state index contributed by atoms with van der Waals surface area (Å²) >= 11 is 0. The minimum atomic E-state index is 0.0574. The fourth-order valence-electron chi connectivity index (χ4n) is 3.28. The van der Waals surface area contributed by atoms with E-state index in [0.717, 1.165) is 45.0 Å². The Bertz CT molecular complexity index is 524. The number of piperazine rings is 1. The third kappa shape index (κ3) is 3.19. The van der Waals surface area contributed by atoms with Gasteiger partial charge in [-0.3, -0.25) is 4.90 Å². The molecule has 120 valence electrons. The molecule has 1 aromatic carbocycles. The van der Waals surface area contributed by atoms with E-state index >= 15 is 0 Å². The van der Waals surface area contributed by atoms with Crippen molar-refractivity contribution < 1.29 is 9.53 Å². The van der Waals surface area contributed by atoms with Crippen molar-refractivity contribution in [2.75, 3.05) is 32.8 Å². The van der Waals surface area contributed by atoms with E-state index in [1.165, 1.54) is 5.56 Å². The quantitative estimate of drug-likeness (QED) is 0.911. The number of nitrogens with zero attached hydrogens (tertiary/aromatic N) is 2. The van der Waals surface area contributed by atoms with Gasteiger partial charge in [-0.1, -0.05) is 18.2 Å². The van der Waals surface area contributed by atoms with Gasteiger partial charge < -0.3 is 15.0 Å². The molecule has 2 heterocycles. The van der Waals surface area contributed by atoms with Crippen LogP contribution in [0.1, 0.15) is 31.9 Å². The van der Waals surface area contributed by atoms with E-state index in [2.05, 4.69) is 22.3 Å². The normalized spacial score (nSPS) is 22.1. The predicted molar refractivity (Wildman–Crippen MR) is 86.1 cm³/mol. The lowest BCUT2D eigenvalue weighted by Crippen LogP contribution is -2.53. The SMILES string of the molecule is CC(C)NC(=O)N1CCN(C2CCOc3ccccc32)CC1. The van der Waals surface area contributed by atoms with Crippen molar-refractivity contribution >= 4 is 6.03 Å². The van der Waals surface area contributed by atoms with Gasteiger partial charge in [0.1, 0.15) is 5.75 Å². The smallest absolute Gasteiger partial charge is 0.317 e. The average molecular weight is 303 g/mol. The van der Waals surface area contributed by atoms with Crippen LogP contribution < -0.4 is 10.1 Å². The predicted octanol–water partition coefficient (Wildman–Crippen LogP) is 2.25. The molecule has 5 nitrogen and oxygen atoms in total. The van der Waals surface area contributed by atoms with Crippen molar-refractivity contribution in [1.29, 1.82) is 0 Å². The summed E-state index contributed by atoms with van der Waals surface area (Å²) in [6.45, 7) is 8.18. The molecular formula is C17H25N3O2. The lowest BCUT2D eigenvalue weighted by atomic mass is 9.98. The monoisotopic (exact) mass is 303 g/mol. The highest BCUT2D eigenvalue weighted by Crippen LogP contribution is 2.36. The second-order valence-corrected chi connectivity index (χ2v) is 6.32. The average Bonchev–Trinajstić information content (AvgIpc) is 2.54. The number of nitrogens with one attached hydrogen (secondary N) is 1. The first-order chi connectivity index (χ1) is 10.6. The number of hydrogen-bond donors (Lipinski definition) is 1. The van der Waals surface area contributed by atoms with Gasteiger partial charge in [-0.15, -0.1) is 0 Å². The number of para-hydroxylation sites is 1. The molecule has 22 heavy (non-hydrogen) atoms. The van der Waals surface area contributed by atoms with Gasteiger partial charge in [0.05, 0.1) is 6.61 Å². The van der Waals surface area contributed by atoms with Crippen molar-refractivity contribution in [1.82, 2.24) is 15.1 Å². The number of fused-ring (bicyclic) bond motifs is 1. The molecule has 1 saturated heterocycles. The Morgan fingerprint density at radius 3 is 2.68 bits per heavy atom. The molecule has 0 saturated carbocycles. The second-order valence-electron chi connectivity index (χ2n) is 6.32. The summed E-state index contributed by atoms with van der Waals surface area (Å²) in [5.41, 5.74) is 1.29. The summed E-state index contributed by atoms with van der Waals surface area (Å²) in [5, 5.41) is 2.97. The van der Waals surface area contributed by atoms with Crippen LogP contribution in [-0.2, 0) is 0 Å². The van der Waals surface area contributed by atoms with E-state index in [1.54, 1.807) is 0 Å². The Morgan fingerprint density at radius 2 is 1.95 bits per heavy atom. The van der Waals surface area contributed by atoms with Crippen LogP contribution in [0.25, 0.3) is 0 Å². The molecule has 0 bridgehead atoms. The molecule has 0 aromatic heterocycles. The van der Waals surface area contributed by atoms with Gasteiger partial charge in [-0.2, -0.15) is 0 Å². The van der Waals surface area contributed by atoms with E-state index in [-0.39, 0.29) is 12.1 Å². The molecule has 1 aromatic rings. The zero-order valence-electron chi connectivity index (χ0n) is 13.4. The minimum Gasteiger partial charge on any atom is -0.493 e. The van der Waals surface area contributed by atoms with Crippen molar-refractivity contribution in [2.45, 2.75) is 32.4 Å². The number of benzene rings is 1. The first-order valence-electron chi connectivity index (χ1n) is 8.16. The van der Waals surface area contributed by atoms with Gasteiger partial charge in [-0.05, 0) is 19.9 Å². The molecule has 1 atom stereocenters. The first kappa shape index (κ1) is 15.2. The van der Waals surface area contributed by atoms with Gasteiger partial charge in [0.2, 0.25) is 0 Å². The Kier molecular flexibility index (Phi) is 4.52. The molecule has 2 aliphatic rings. The highest BCUT2D eigenvalue weighted by atomic mass is 16.5. The highest BCUT2D eigenvalue weighted by Gasteiger charge is 2.30. The van der Waals surface area contributed by atoms with Crippen LogP contribution in [0.2, 0.25) is 0 Å². The third-order valence-electron chi connectivity index (χ3n) is 4.38. The molecule has 1 fully saturated rings. The molecule has 1 unspecified atom stereocenters. The fourth-order valence-corrected chi connectivity index (χ4v) is 3.28. The van der Waals surface area contributed by atoms with Gasteiger partial charge in [-0.25, -0.2) is 4.79 Å². The van der Waals surface area contributed by atoms with Crippen LogP contribution in [0.3, 0.4) is 0 Å². The number of carbonyl (C=O) groups excluding carboxylic acids is 1. The molecule has 5 heteroatoms. The van der Waals surface area contributed by atoms with Crippen molar-refractivity contribution in [3.05, 3.63) is 29.8 Å². The molecule has 0 aliphatic carbocycles. The Morgan fingerprint density at radius 1 is 1.23 bits per heavy atom. The van der Waals surface area contributed by atoms with Crippen LogP contribution in [0.5, 0.6) is 5.75 Å². The number of ether oxygens (including phenoxy) is 1. The standard InChI is InChI=1S/C17H25N3O2/c1-13(2)18-17(21)20-10-8-19(9-11-20)15-7-12-22-16-6-4-3-5-14(15)16/h3-6,13,15H,7-12H2,1-2H3,(H,18,21). The van der Waals surface area contributed by atoms with E-state index in [9.17, 15) is 4.79 Å². The fraction of sp³-hybridized carbons (Fsp3) is 0.588. The van der Waals surface area contributed by atoms with Gasteiger partial charge in [0.25, 0.3) is 0 Å².